The highest BCUT2D eigenvalue weighted by Gasteiger charge is 1.97. The van der Waals surface area contributed by atoms with Crippen LogP contribution in [0, 0.1) is 0 Å². The van der Waals surface area contributed by atoms with E-state index in [4.69, 9.17) is 0 Å². The van der Waals surface area contributed by atoms with Gasteiger partial charge in [0.2, 0.25) is 0 Å². The highest BCUT2D eigenvalue weighted by atomic mass is 16.1. The molecule has 2 aromatic rings. The van der Waals surface area contributed by atoms with E-state index in [1.165, 1.54) is 5.56 Å². The fraction of sp³-hybridized carbons (Fsp3) is 0.231. The molecule has 82 valence electrons. The van der Waals surface area contributed by atoms with Crippen molar-refractivity contribution in [1.29, 1.82) is 0 Å². The first-order valence-corrected chi connectivity index (χ1v) is 5.29. The van der Waals surface area contributed by atoms with Gasteiger partial charge in [0.05, 0.1) is 12.1 Å². The first kappa shape index (κ1) is 10.8. The average molecular weight is 214 g/mol. The van der Waals surface area contributed by atoms with E-state index in [0.717, 1.165) is 10.9 Å². The van der Waals surface area contributed by atoms with Gasteiger partial charge in [0, 0.05) is 18.1 Å². The predicted molar refractivity (Wildman–Crippen MR) is 64.1 cm³/mol. The minimum Gasteiger partial charge on any atom is -0.306 e. The molecule has 3 nitrogen and oxygen atoms in total. The molecule has 0 radical (unpaired) electrons. The molecular weight excluding hydrogens is 200 g/mol. The third kappa shape index (κ3) is 2.64. The van der Waals surface area contributed by atoms with Crippen LogP contribution in [-0.4, -0.2) is 17.3 Å². The van der Waals surface area contributed by atoms with Crippen molar-refractivity contribution in [3.8, 4) is 0 Å². The summed E-state index contributed by atoms with van der Waals surface area (Å²) in [7, 11) is 0. The summed E-state index contributed by atoms with van der Waals surface area (Å²) in [6.07, 6.45) is 1.79. The van der Waals surface area contributed by atoms with Gasteiger partial charge in [-0.25, -0.2) is 0 Å². The van der Waals surface area contributed by atoms with Gasteiger partial charge in [-0.2, -0.15) is 0 Å². The summed E-state index contributed by atoms with van der Waals surface area (Å²) in [6, 6.07) is 10.1. The van der Waals surface area contributed by atoms with Crippen LogP contribution in [0.25, 0.3) is 10.9 Å². The molecule has 2 rings (SSSR count). The molecule has 0 spiro atoms. The standard InChI is InChI=1S/C13H14N2O/c1-10(16)8-14-9-11-4-5-13-12(7-11)3-2-6-15-13/h2-7,14H,8-9H2,1H3. The molecule has 1 aromatic heterocycles. The maximum atomic E-state index is 10.8. The third-order valence-electron chi connectivity index (χ3n) is 2.37. The van der Waals surface area contributed by atoms with Crippen molar-refractivity contribution in [3.63, 3.8) is 0 Å². The molecule has 1 heterocycles. The van der Waals surface area contributed by atoms with Gasteiger partial charge in [-0.1, -0.05) is 12.1 Å². The van der Waals surface area contributed by atoms with Gasteiger partial charge in [-0.15, -0.1) is 0 Å². The van der Waals surface area contributed by atoms with Crippen LogP contribution < -0.4 is 5.32 Å². The van der Waals surface area contributed by atoms with Crippen LogP contribution in [0.5, 0.6) is 0 Å². The summed E-state index contributed by atoms with van der Waals surface area (Å²) in [6.45, 7) is 2.72. The number of pyridine rings is 1. The number of benzene rings is 1. The van der Waals surface area contributed by atoms with Gasteiger partial charge in [-0.05, 0) is 30.7 Å². The van der Waals surface area contributed by atoms with Gasteiger partial charge < -0.3 is 5.32 Å². The summed E-state index contributed by atoms with van der Waals surface area (Å²) in [5.74, 6) is 0.155. The van der Waals surface area contributed by atoms with E-state index in [-0.39, 0.29) is 5.78 Å². The van der Waals surface area contributed by atoms with E-state index in [1.54, 1.807) is 13.1 Å². The highest BCUT2D eigenvalue weighted by molar-refractivity contribution is 5.79. The summed E-state index contributed by atoms with van der Waals surface area (Å²) < 4.78 is 0. The zero-order valence-corrected chi connectivity index (χ0v) is 9.23. The van der Waals surface area contributed by atoms with Crippen LogP contribution in [0.4, 0.5) is 0 Å². The molecule has 1 aromatic carbocycles. The molecule has 0 bridgehead atoms. The first-order chi connectivity index (χ1) is 7.75. The van der Waals surface area contributed by atoms with Crippen LogP contribution in [0.1, 0.15) is 12.5 Å². The van der Waals surface area contributed by atoms with E-state index in [2.05, 4.69) is 16.4 Å². The minimum absolute atomic E-state index is 0.155. The van der Waals surface area contributed by atoms with Crippen molar-refractivity contribution in [2.24, 2.45) is 0 Å². The van der Waals surface area contributed by atoms with Crippen LogP contribution in [0.2, 0.25) is 0 Å². The van der Waals surface area contributed by atoms with Gasteiger partial charge >= 0.3 is 0 Å². The smallest absolute Gasteiger partial charge is 0.143 e. The zero-order valence-electron chi connectivity index (χ0n) is 9.23. The van der Waals surface area contributed by atoms with Crippen LogP contribution in [0.15, 0.2) is 36.5 Å². The number of fused-ring (bicyclic) bond motifs is 1. The Bertz CT molecular complexity index is 508. The van der Waals surface area contributed by atoms with E-state index >= 15 is 0 Å². The van der Waals surface area contributed by atoms with E-state index in [1.807, 2.05) is 24.3 Å². The summed E-state index contributed by atoms with van der Waals surface area (Å²) in [5.41, 5.74) is 2.17. The predicted octanol–water partition coefficient (Wildman–Crippen LogP) is 1.91. The Kier molecular flexibility index (Phi) is 3.27. The number of Topliss-reactive ketones (excluding diaryl/α,β-unsaturated/α-hetero) is 1. The number of ketones is 1. The van der Waals surface area contributed by atoms with Crippen molar-refractivity contribution >= 4 is 16.7 Å². The Hall–Kier alpha value is -1.74. The lowest BCUT2D eigenvalue weighted by atomic mass is 10.1. The number of aromatic nitrogens is 1. The molecule has 0 saturated carbocycles. The maximum absolute atomic E-state index is 10.8. The number of nitrogens with one attached hydrogen (secondary N) is 1. The van der Waals surface area contributed by atoms with Crippen LogP contribution in [-0.2, 0) is 11.3 Å². The van der Waals surface area contributed by atoms with Crippen molar-refractivity contribution < 1.29 is 4.79 Å². The van der Waals surface area contributed by atoms with Crippen LogP contribution in [0.3, 0.4) is 0 Å². The largest absolute Gasteiger partial charge is 0.306 e. The normalized spacial score (nSPS) is 10.6. The van der Waals surface area contributed by atoms with Crippen molar-refractivity contribution in [2.75, 3.05) is 6.54 Å². The minimum atomic E-state index is 0.155. The quantitative estimate of drug-likeness (QED) is 0.845. The van der Waals surface area contributed by atoms with Crippen molar-refractivity contribution in [3.05, 3.63) is 42.1 Å². The van der Waals surface area contributed by atoms with E-state index < -0.39 is 0 Å². The maximum Gasteiger partial charge on any atom is 0.143 e. The van der Waals surface area contributed by atoms with Gasteiger partial charge in [-0.3, -0.25) is 9.78 Å². The lowest BCUT2D eigenvalue weighted by Crippen LogP contribution is -2.20. The molecule has 3 heteroatoms. The van der Waals surface area contributed by atoms with Crippen molar-refractivity contribution in [2.45, 2.75) is 13.5 Å². The summed E-state index contributed by atoms with van der Waals surface area (Å²) in [5, 5.41) is 4.23. The Morgan fingerprint density at radius 3 is 3.06 bits per heavy atom. The Morgan fingerprint density at radius 2 is 2.25 bits per heavy atom. The number of carbonyl (C=O) groups excluding carboxylic acids is 1. The molecule has 0 fully saturated rings. The monoisotopic (exact) mass is 214 g/mol. The molecule has 0 aliphatic rings. The van der Waals surface area contributed by atoms with Gasteiger partial charge in [0.25, 0.3) is 0 Å². The van der Waals surface area contributed by atoms with Gasteiger partial charge in [0.15, 0.2) is 0 Å². The Morgan fingerprint density at radius 1 is 1.38 bits per heavy atom. The number of carbonyl (C=O) groups is 1. The number of hydrogen-bond donors (Lipinski definition) is 1. The third-order valence-corrected chi connectivity index (χ3v) is 2.37. The fourth-order valence-corrected chi connectivity index (χ4v) is 1.62. The average Bonchev–Trinajstić information content (AvgIpc) is 2.28. The molecule has 0 unspecified atom stereocenters. The molecule has 0 saturated heterocycles. The van der Waals surface area contributed by atoms with Crippen molar-refractivity contribution in [1.82, 2.24) is 10.3 Å². The van der Waals surface area contributed by atoms with E-state index in [0.29, 0.717) is 13.1 Å². The summed E-state index contributed by atoms with van der Waals surface area (Å²) in [4.78, 5) is 15.0. The molecule has 0 amide bonds. The fourth-order valence-electron chi connectivity index (χ4n) is 1.62. The molecule has 0 aliphatic heterocycles. The lowest BCUT2D eigenvalue weighted by Gasteiger charge is -2.04. The second-order valence-electron chi connectivity index (χ2n) is 3.84. The molecular formula is C13H14N2O. The first-order valence-electron chi connectivity index (χ1n) is 5.29. The highest BCUT2D eigenvalue weighted by Crippen LogP contribution is 2.12. The lowest BCUT2D eigenvalue weighted by molar-refractivity contribution is -0.116. The molecule has 0 aliphatic carbocycles. The number of hydrogen-bond acceptors (Lipinski definition) is 3. The molecule has 0 atom stereocenters. The van der Waals surface area contributed by atoms with E-state index in [9.17, 15) is 4.79 Å². The van der Waals surface area contributed by atoms with Gasteiger partial charge in [0.1, 0.15) is 5.78 Å². The topological polar surface area (TPSA) is 42.0 Å². The summed E-state index contributed by atoms with van der Waals surface area (Å²) >= 11 is 0. The molecule has 1 N–H and O–H groups in total. The second-order valence-corrected chi connectivity index (χ2v) is 3.84. The zero-order chi connectivity index (χ0) is 11.4. The Balaban J connectivity index is 2.10. The number of nitrogens with zero attached hydrogens (tertiary/aromatic N) is 1. The SMILES string of the molecule is CC(=O)CNCc1ccc2ncccc2c1. The second kappa shape index (κ2) is 4.86. The number of rotatable bonds is 4. The van der Waals surface area contributed by atoms with Crippen LogP contribution >= 0.6 is 0 Å². The molecule has 16 heavy (non-hydrogen) atoms. The Labute approximate surface area is 94.5 Å².